The Morgan fingerprint density at radius 2 is 1.50 bits per heavy atom. The first-order valence-electron chi connectivity index (χ1n) is 3.25. The summed E-state index contributed by atoms with van der Waals surface area (Å²) < 4.78 is 0. The lowest BCUT2D eigenvalue weighted by Gasteiger charge is -2.17. The molecule has 0 aliphatic carbocycles. The molecule has 0 fully saturated rings. The lowest BCUT2D eigenvalue weighted by atomic mass is 10.4. The summed E-state index contributed by atoms with van der Waals surface area (Å²) in [5, 5.41) is 25.4. The van der Waals surface area contributed by atoms with E-state index in [0.717, 1.165) is 0 Å². The molecule has 61 valence electrons. The second kappa shape index (κ2) is 6.95. The summed E-state index contributed by atoms with van der Waals surface area (Å²) in [7, 11) is 0. The minimum atomic E-state index is -0.0556. The van der Waals surface area contributed by atoms with Crippen LogP contribution in [-0.4, -0.2) is 53.1 Å². The summed E-state index contributed by atoms with van der Waals surface area (Å²) in [6, 6.07) is 0. The van der Waals surface area contributed by atoms with E-state index in [1.807, 2.05) is 0 Å². The number of nitrogens with zero attached hydrogens (tertiary/aromatic N) is 1. The van der Waals surface area contributed by atoms with E-state index in [-0.39, 0.29) is 19.8 Å². The number of hydrogen-bond acceptors (Lipinski definition) is 4. The number of hydrogen-bond donors (Lipinski definition) is 3. The van der Waals surface area contributed by atoms with Gasteiger partial charge in [0.1, 0.15) is 0 Å². The average Bonchev–Trinajstić information content (AvgIpc) is 1.90. The maximum Gasteiger partial charge on any atom is 0.0603 e. The first-order chi connectivity index (χ1) is 4.85. The zero-order chi connectivity index (χ0) is 7.82. The van der Waals surface area contributed by atoms with Crippen molar-refractivity contribution in [3.8, 4) is 0 Å². The van der Waals surface area contributed by atoms with Crippen molar-refractivity contribution in [2.75, 3.05) is 32.9 Å². The SMILES string of the molecule is OC[CH]N(CCO)CCO. The minimum absolute atomic E-state index is 0.0382. The van der Waals surface area contributed by atoms with Crippen LogP contribution in [-0.2, 0) is 0 Å². The lowest BCUT2D eigenvalue weighted by Crippen LogP contribution is -2.28. The molecule has 0 rings (SSSR count). The van der Waals surface area contributed by atoms with Crippen molar-refractivity contribution < 1.29 is 15.3 Å². The van der Waals surface area contributed by atoms with Gasteiger partial charge >= 0.3 is 0 Å². The highest BCUT2D eigenvalue weighted by Crippen LogP contribution is 1.89. The topological polar surface area (TPSA) is 63.9 Å². The Bertz CT molecular complexity index is 55.7. The molecular formula is C6H14NO3. The fourth-order valence-electron chi connectivity index (χ4n) is 0.667. The normalized spacial score (nSPS) is 10.8. The van der Waals surface area contributed by atoms with Crippen LogP contribution < -0.4 is 0 Å². The van der Waals surface area contributed by atoms with Crippen LogP contribution in [0.5, 0.6) is 0 Å². The lowest BCUT2D eigenvalue weighted by molar-refractivity contribution is 0.166. The molecule has 0 bridgehead atoms. The van der Waals surface area contributed by atoms with Gasteiger partial charge in [-0.15, -0.1) is 0 Å². The Morgan fingerprint density at radius 3 is 1.80 bits per heavy atom. The van der Waals surface area contributed by atoms with Crippen molar-refractivity contribution in [2.24, 2.45) is 0 Å². The molecule has 0 aromatic heterocycles. The molecule has 10 heavy (non-hydrogen) atoms. The second-order valence-corrected chi connectivity index (χ2v) is 1.85. The Balaban J connectivity index is 3.30. The van der Waals surface area contributed by atoms with Crippen LogP contribution in [0.25, 0.3) is 0 Å². The molecule has 0 saturated carbocycles. The quantitative estimate of drug-likeness (QED) is 0.425. The third-order valence-electron chi connectivity index (χ3n) is 1.11. The Morgan fingerprint density at radius 1 is 1.00 bits per heavy atom. The van der Waals surface area contributed by atoms with Gasteiger partial charge in [0.15, 0.2) is 0 Å². The van der Waals surface area contributed by atoms with Crippen LogP contribution in [0.15, 0.2) is 0 Å². The van der Waals surface area contributed by atoms with Gasteiger partial charge in [-0.2, -0.15) is 0 Å². The maximum absolute atomic E-state index is 8.46. The van der Waals surface area contributed by atoms with Crippen LogP contribution in [0.3, 0.4) is 0 Å². The highest BCUT2D eigenvalue weighted by molar-refractivity contribution is 4.65. The van der Waals surface area contributed by atoms with Crippen molar-refractivity contribution >= 4 is 0 Å². The Labute approximate surface area is 60.7 Å². The summed E-state index contributed by atoms with van der Waals surface area (Å²) in [5.74, 6) is 0. The predicted octanol–water partition coefficient (Wildman–Crippen LogP) is -1.57. The molecule has 0 unspecified atom stereocenters. The van der Waals surface area contributed by atoms with Crippen molar-refractivity contribution in [1.29, 1.82) is 0 Å². The van der Waals surface area contributed by atoms with Gasteiger partial charge in [0.25, 0.3) is 0 Å². The first kappa shape index (κ1) is 9.84. The average molecular weight is 148 g/mol. The van der Waals surface area contributed by atoms with E-state index in [9.17, 15) is 0 Å². The molecule has 0 heterocycles. The Kier molecular flexibility index (Phi) is 6.84. The maximum atomic E-state index is 8.46. The monoisotopic (exact) mass is 148 g/mol. The Hall–Kier alpha value is -0.160. The van der Waals surface area contributed by atoms with Crippen LogP contribution in [0, 0.1) is 6.54 Å². The molecule has 0 amide bonds. The van der Waals surface area contributed by atoms with E-state index in [1.54, 1.807) is 4.90 Å². The predicted molar refractivity (Wildman–Crippen MR) is 37.1 cm³/mol. The fraction of sp³-hybridized carbons (Fsp3) is 0.833. The van der Waals surface area contributed by atoms with Gasteiger partial charge in [-0.25, -0.2) is 0 Å². The van der Waals surface area contributed by atoms with Crippen molar-refractivity contribution in [2.45, 2.75) is 0 Å². The zero-order valence-corrected chi connectivity index (χ0v) is 5.90. The van der Waals surface area contributed by atoms with E-state index in [2.05, 4.69) is 0 Å². The molecule has 0 aliphatic rings. The van der Waals surface area contributed by atoms with E-state index in [1.165, 1.54) is 6.54 Å². The van der Waals surface area contributed by atoms with E-state index in [0.29, 0.717) is 13.1 Å². The van der Waals surface area contributed by atoms with Crippen LogP contribution in [0.2, 0.25) is 0 Å². The highest BCUT2D eigenvalue weighted by Gasteiger charge is 2.00. The van der Waals surface area contributed by atoms with Crippen molar-refractivity contribution in [3.05, 3.63) is 6.54 Å². The van der Waals surface area contributed by atoms with Gasteiger partial charge in [0.05, 0.1) is 26.4 Å². The van der Waals surface area contributed by atoms with Gasteiger partial charge < -0.3 is 15.3 Å². The van der Waals surface area contributed by atoms with Crippen molar-refractivity contribution in [1.82, 2.24) is 4.90 Å². The summed E-state index contributed by atoms with van der Waals surface area (Å²) >= 11 is 0. The smallest absolute Gasteiger partial charge is 0.0603 e. The minimum Gasteiger partial charge on any atom is -0.395 e. The number of aliphatic hydroxyl groups excluding tert-OH is 3. The van der Waals surface area contributed by atoms with E-state index in [4.69, 9.17) is 15.3 Å². The molecule has 0 aromatic rings. The van der Waals surface area contributed by atoms with Gasteiger partial charge in [0.2, 0.25) is 0 Å². The van der Waals surface area contributed by atoms with E-state index >= 15 is 0 Å². The molecule has 1 radical (unpaired) electrons. The molecule has 0 atom stereocenters. The molecular weight excluding hydrogens is 134 g/mol. The van der Waals surface area contributed by atoms with Gasteiger partial charge in [-0.1, -0.05) is 0 Å². The largest absolute Gasteiger partial charge is 0.395 e. The van der Waals surface area contributed by atoms with Crippen LogP contribution >= 0.6 is 0 Å². The van der Waals surface area contributed by atoms with Gasteiger partial charge in [-0.05, 0) is 0 Å². The molecule has 0 saturated heterocycles. The highest BCUT2D eigenvalue weighted by atomic mass is 16.3. The third-order valence-corrected chi connectivity index (χ3v) is 1.11. The molecule has 0 aromatic carbocycles. The summed E-state index contributed by atoms with van der Waals surface area (Å²) in [4.78, 5) is 1.67. The van der Waals surface area contributed by atoms with Crippen LogP contribution in [0.4, 0.5) is 0 Å². The van der Waals surface area contributed by atoms with Crippen LogP contribution in [0.1, 0.15) is 0 Å². The van der Waals surface area contributed by atoms with E-state index < -0.39 is 0 Å². The second-order valence-electron chi connectivity index (χ2n) is 1.85. The first-order valence-corrected chi connectivity index (χ1v) is 3.25. The standard InChI is InChI=1S/C6H14NO3/c8-4-1-7(2-5-9)3-6-10/h1,8-10H,2-6H2. The number of aliphatic hydroxyl groups is 3. The number of rotatable bonds is 6. The fourth-order valence-corrected chi connectivity index (χ4v) is 0.667. The zero-order valence-electron chi connectivity index (χ0n) is 5.90. The molecule has 3 N–H and O–H groups in total. The van der Waals surface area contributed by atoms with Crippen molar-refractivity contribution in [3.63, 3.8) is 0 Å². The summed E-state index contributed by atoms with van der Waals surface area (Å²) in [6.07, 6.45) is 0. The molecule has 0 aliphatic heterocycles. The summed E-state index contributed by atoms with van der Waals surface area (Å²) in [5.41, 5.74) is 0. The van der Waals surface area contributed by atoms with Gasteiger partial charge in [-0.3, -0.25) is 4.90 Å². The molecule has 0 spiro atoms. The third kappa shape index (κ3) is 4.69. The molecule has 4 heteroatoms. The summed E-state index contributed by atoms with van der Waals surface area (Å²) in [6.45, 7) is 2.47. The molecule has 4 nitrogen and oxygen atoms in total. The van der Waals surface area contributed by atoms with Gasteiger partial charge in [0, 0.05) is 13.1 Å².